The Morgan fingerprint density at radius 2 is 1.83 bits per heavy atom. The van der Waals surface area contributed by atoms with Crippen molar-refractivity contribution in [3.8, 4) is 0 Å². The van der Waals surface area contributed by atoms with Crippen LogP contribution in [0.3, 0.4) is 0 Å². The summed E-state index contributed by atoms with van der Waals surface area (Å²) < 4.78 is 0. The summed E-state index contributed by atoms with van der Waals surface area (Å²) in [4.78, 5) is 23.6. The van der Waals surface area contributed by atoms with E-state index in [0.717, 1.165) is 22.8 Å². The molecule has 1 aliphatic heterocycles. The number of hydrogen-bond acceptors (Lipinski definition) is 4. The maximum Gasteiger partial charge on any atom is 0.266 e. The summed E-state index contributed by atoms with van der Waals surface area (Å²) in [6.07, 6.45) is 6.33. The molecule has 1 aromatic heterocycles. The Balaban J connectivity index is 1.89. The zero-order chi connectivity index (χ0) is 16.9. The summed E-state index contributed by atoms with van der Waals surface area (Å²) in [7, 11) is 0. The van der Waals surface area contributed by atoms with E-state index < -0.39 is 0 Å². The van der Waals surface area contributed by atoms with Crippen LogP contribution in [-0.2, 0) is 11.2 Å². The van der Waals surface area contributed by atoms with Gasteiger partial charge in [-0.15, -0.1) is 0 Å². The lowest BCUT2D eigenvalue weighted by Gasteiger charge is -2.12. The van der Waals surface area contributed by atoms with Crippen LogP contribution in [0.2, 0.25) is 0 Å². The van der Waals surface area contributed by atoms with Gasteiger partial charge in [-0.25, -0.2) is 4.99 Å². The lowest BCUT2D eigenvalue weighted by molar-refractivity contribution is -0.122. The predicted octanol–water partition coefficient (Wildman–Crippen LogP) is 4.27. The number of amides is 1. The van der Waals surface area contributed by atoms with E-state index in [0.29, 0.717) is 11.4 Å². The zero-order valence-electron chi connectivity index (χ0n) is 13.8. The fourth-order valence-electron chi connectivity index (χ4n) is 2.40. The van der Waals surface area contributed by atoms with Crippen molar-refractivity contribution in [2.45, 2.75) is 20.3 Å². The molecule has 4 nitrogen and oxygen atoms in total. The summed E-state index contributed by atoms with van der Waals surface area (Å²) in [5.74, 6) is 0.00300. The lowest BCUT2D eigenvalue weighted by atomic mass is 10.2. The van der Waals surface area contributed by atoms with Crippen LogP contribution < -0.4 is 0 Å². The number of rotatable bonds is 4. The molecule has 0 bridgehead atoms. The summed E-state index contributed by atoms with van der Waals surface area (Å²) in [6.45, 7) is 4.69. The van der Waals surface area contributed by atoms with Gasteiger partial charge >= 0.3 is 0 Å². The van der Waals surface area contributed by atoms with E-state index in [-0.39, 0.29) is 5.91 Å². The molecule has 1 aliphatic rings. The minimum atomic E-state index is 0.00300. The number of benzene rings is 1. The second kappa shape index (κ2) is 7.45. The van der Waals surface area contributed by atoms with Crippen molar-refractivity contribution in [2.24, 2.45) is 4.99 Å². The highest BCUT2D eigenvalue weighted by molar-refractivity contribution is 8.18. The van der Waals surface area contributed by atoms with E-state index in [1.54, 1.807) is 17.3 Å². The molecular weight excluding hydrogens is 318 g/mol. The van der Waals surface area contributed by atoms with Crippen molar-refractivity contribution in [1.82, 2.24) is 9.88 Å². The van der Waals surface area contributed by atoms with Gasteiger partial charge in [0.1, 0.15) is 0 Å². The Bertz CT molecular complexity index is 782. The Kier molecular flexibility index (Phi) is 5.11. The maximum absolute atomic E-state index is 12.6. The van der Waals surface area contributed by atoms with Crippen molar-refractivity contribution in [1.29, 1.82) is 0 Å². The first-order valence-corrected chi connectivity index (χ1v) is 8.82. The fourth-order valence-corrected chi connectivity index (χ4v) is 3.46. The van der Waals surface area contributed by atoms with Gasteiger partial charge in [0.15, 0.2) is 5.17 Å². The van der Waals surface area contributed by atoms with Gasteiger partial charge in [-0.05, 0) is 66.6 Å². The van der Waals surface area contributed by atoms with Crippen molar-refractivity contribution in [3.63, 3.8) is 0 Å². The second-order valence-electron chi connectivity index (χ2n) is 5.35. The molecule has 24 heavy (non-hydrogen) atoms. The van der Waals surface area contributed by atoms with E-state index in [1.807, 2.05) is 37.3 Å². The number of hydrogen-bond donors (Lipinski definition) is 0. The number of carbonyl (C=O) groups excluding carboxylic acids is 1. The first-order valence-electron chi connectivity index (χ1n) is 8.00. The molecule has 0 atom stereocenters. The standard InChI is InChI=1S/C19H19N3OS/c1-3-14-5-7-16(8-6-14)21-19-22(4-2)18(23)17(24-19)13-15-9-11-20-12-10-15/h5-13H,3-4H2,1-2H3/b17-13-,21-19?. The minimum absolute atomic E-state index is 0.00300. The van der Waals surface area contributed by atoms with E-state index in [1.165, 1.54) is 17.3 Å². The van der Waals surface area contributed by atoms with Gasteiger partial charge in [-0.2, -0.15) is 0 Å². The summed E-state index contributed by atoms with van der Waals surface area (Å²) in [5, 5.41) is 0.729. The third-order valence-electron chi connectivity index (χ3n) is 3.78. The normalized spacial score (nSPS) is 17.9. The van der Waals surface area contributed by atoms with E-state index in [2.05, 4.69) is 29.0 Å². The molecular formula is C19H19N3OS. The van der Waals surface area contributed by atoms with E-state index in [9.17, 15) is 4.79 Å². The molecule has 0 N–H and O–H groups in total. The Hall–Kier alpha value is -2.40. The highest BCUT2D eigenvalue weighted by Gasteiger charge is 2.32. The fraction of sp³-hybridized carbons (Fsp3) is 0.211. The van der Waals surface area contributed by atoms with Gasteiger partial charge in [0, 0.05) is 18.9 Å². The monoisotopic (exact) mass is 337 g/mol. The molecule has 1 aromatic carbocycles. The van der Waals surface area contributed by atoms with Crippen LogP contribution in [0, 0.1) is 0 Å². The zero-order valence-corrected chi connectivity index (χ0v) is 14.6. The molecule has 0 saturated carbocycles. The van der Waals surface area contributed by atoms with Crippen molar-refractivity contribution >= 4 is 34.6 Å². The maximum atomic E-state index is 12.6. The molecule has 1 saturated heterocycles. The van der Waals surface area contributed by atoms with Crippen LogP contribution in [0.1, 0.15) is 25.0 Å². The molecule has 122 valence electrons. The Morgan fingerprint density at radius 3 is 2.46 bits per heavy atom. The number of nitrogens with zero attached hydrogens (tertiary/aromatic N) is 3. The molecule has 0 spiro atoms. The second-order valence-corrected chi connectivity index (χ2v) is 6.36. The number of aryl methyl sites for hydroxylation is 1. The highest BCUT2D eigenvalue weighted by Crippen LogP contribution is 2.33. The van der Waals surface area contributed by atoms with Crippen molar-refractivity contribution < 1.29 is 4.79 Å². The number of aromatic nitrogens is 1. The Labute approximate surface area is 146 Å². The average molecular weight is 337 g/mol. The van der Waals surface area contributed by atoms with Crippen molar-refractivity contribution in [2.75, 3.05) is 6.54 Å². The number of thioether (sulfide) groups is 1. The third-order valence-corrected chi connectivity index (χ3v) is 4.78. The molecule has 3 rings (SSSR count). The topological polar surface area (TPSA) is 45.6 Å². The average Bonchev–Trinajstić information content (AvgIpc) is 2.91. The van der Waals surface area contributed by atoms with Crippen LogP contribution >= 0.6 is 11.8 Å². The van der Waals surface area contributed by atoms with Crippen LogP contribution in [0.4, 0.5) is 5.69 Å². The van der Waals surface area contributed by atoms with Crippen LogP contribution in [0.5, 0.6) is 0 Å². The summed E-state index contributed by atoms with van der Waals surface area (Å²) >= 11 is 1.42. The lowest BCUT2D eigenvalue weighted by Crippen LogP contribution is -2.28. The van der Waals surface area contributed by atoms with Crippen LogP contribution in [0.15, 0.2) is 58.7 Å². The smallest absolute Gasteiger partial charge is 0.266 e. The van der Waals surface area contributed by atoms with E-state index in [4.69, 9.17) is 0 Å². The predicted molar refractivity (Wildman–Crippen MR) is 100 cm³/mol. The molecule has 2 heterocycles. The highest BCUT2D eigenvalue weighted by atomic mass is 32.2. The first-order chi connectivity index (χ1) is 11.7. The summed E-state index contributed by atoms with van der Waals surface area (Å²) in [5.41, 5.74) is 3.11. The molecule has 2 aromatic rings. The van der Waals surface area contributed by atoms with Gasteiger partial charge in [0.05, 0.1) is 10.6 Å². The van der Waals surface area contributed by atoms with Crippen LogP contribution in [-0.4, -0.2) is 27.5 Å². The molecule has 1 fully saturated rings. The molecule has 0 radical (unpaired) electrons. The molecule has 5 heteroatoms. The third kappa shape index (κ3) is 3.57. The molecule has 0 unspecified atom stereocenters. The van der Waals surface area contributed by atoms with Gasteiger partial charge < -0.3 is 0 Å². The van der Waals surface area contributed by atoms with Crippen LogP contribution in [0.25, 0.3) is 6.08 Å². The first kappa shape index (κ1) is 16.5. The largest absolute Gasteiger partial charge is 0.287 e. The number of likely N-dealkylation sites (N-methyl/N-ethyl adjacent to an activating group) is 1. The number of aliphatic imine (C=N–C) groups is 1. The van der Waals surface area contributed by atoms with Crippen molar-refractivity contribution in [3.05, 3.63) is 64.8 Å². The number of amidine groups is 1. The summed E-state index contributed by atoms with van der Waals surface area (Å²) in [6, 6.07) is 11.9. The van der Waals surface area contributed by atoms with Gasteiger partial charge in [0.25, 0.3) is 5.91 Å². The minimum Gasteiger partial charge on any atom is -0.287 e. The van der Waals surface area contributed by atoms with Gasteiger partial charge in [-0.3, -0.25) is 14.7 Å². The SMILES string of the molecule is CCc1ccc(N=C2S/C(=C\c3ccncc3)C(=O)N2CC)cc1. The van der Waals surface area contributed by atoms with Gasteiger partial charge in [0.2, 0.25) is 0 Å². The van der Waals surface area contributed by atoms with E-state index >= 15 is 0 Å². The van der Waals surface area contributed by atoms with Gasteiger partial charge in [-0.1, -0.05) is 19.1 Å². The quantitative estimate of drug-likeness (QED) is 0.783. The molecule has 0 aliphatic carbocycles. The Morgan fingerprint density at radius 1 is 1.12 bits per heavy atom. The number of carbonyl (C=O) groups is 1. The molecule has 1 amide bonds. The number of pyridine rings is 1.